The van der Waals surface area contributed by atoms with Gasteiger partial charge < -0.3 is 19.7 Å². The van der Waals surface area contributed by atoms with Crippen molar-refractivity contribution in [1.82, 2.24) is 15.5 Å². The molecule has 1 fully saturated rings. The molecule has 2 heterocycles. The lowest BCUT2D eigenvalue weighted by atomic mass is 10.2. The Kier molecular flexibility index (Phi) is 14.5. The first kappa shape index (κ1) is 25.5. The second kappa shape index (κ2) is 13.6. The summed E-state index contributed by atoms with van der Waals surface area (Å²) >= 11 is 0. The van der Waals surface area contributed by atoms with Crippen molar-refractivity contribution < 1.29 is 9.47 Å². The molecule has 2 N–H and O–H groups in total. The van der Waals surface area contributed by atoms with Gasteiger partial charge in [0, 0.05) is 26.1 Å². The summed E-state index contributed by atoms with van der Waals surface area (Å²) in [7, 11) is 6.10. The third kappa shape index (κ3) is 11.8. The molecule has 6 nitrogen and oxygen atoms in total. The van der Waals surface area contributed by atoms with Crippen LogP contribution in [0.2, 0.25) is 0 Å². The van der Waals surface area contributed by atoms with Crippen LogP contribution in [0.15, 0.2) is 4.99 Å². The molecular formula is C18H42N4O2. The minimum atomic E-state index is 0. The second-order valence-electron chi connectivity index (χ2n) is 6.56. The fraction of sp³-hybridized carbons (Fsp3) is 0.944. The van der Waals surface area contributed by atoms with Crippen LogP contribution in [0.3, 0.4) is 0 Å². The quantitative estimate of drug-likeness (QED) is 0.821. The summed E-state index contributed by atoms with van der Waals surface area (Å²) in [4.78, 5) is 6.31. The zero-order valence-corrected chi connectivity index (χ0v) is 16.5. The van der Waals surface area contributed by atoms with Gasteiger partial charge >= 0.3 is 0 Å². The van der Waals surface area contributed by atoms with Crippen LogP contribution in [0.1, 0.15) is 49.0 Å². The van der Waals surface area contributed by atoms with E-state index in [4.69, 9.17) is 9.47 Å². The average Bonchev–Trinajstić information content (AvgIpc) is 2.89. The Hall–Kier alpha value is -0.690. The highest BCUT2D eigenvalue weighted by atomic mass is 16.5. The molecule has 0 aromatic rings. The van der Waals surface area contributed by atoms with Crippen molar-refractivity contribution in [2.75, 3.05) is 34.2 Å². The number of aliphatic imine (C=N–C) groups is 1. The van der Waals surface area contributed by atoms with E-state index in [0.717, 1.165) is 19.0 Å². The van der Waals surface area contributed by atoms with E-state index in [2.05, 4.69) is 55.4 Å². The first-order valence-corrected chi connectivity index (χ1v) is 8.59. The van der Waals surface area contributed by atoms with Crippen molar-refractivity contribution in [3.05, 3.63) is 0 Å². The fourth-order valence-electron chi connectivity index (χ4n) is 2.11. The van der Waals surface area contributed by atoms with Crippen molar-refractivity contribution in [3.63, 3.8) is 0 Å². The van der Waals surface area contributed by atoms with E-state index < -0.39 is 0 Å². The zero-order chi connectivity index (χ0) is 18.0. The molecule has 2 aliphatic heterocycles. The molecule has 0 aromatic carbocycles. The van der Waals surface area contributed by atoms with Gasteiger partial charge in [-0.1, -0.05) is 7.43 Å². The summed E-state index contributed by atoms with van der Waals surface area (Å²) in [5, 5.41) is 6.30. The number of nitrogens with one attached hydrogen (secondary N) is 2. The molecule has 0 aromatic heterocycles. The van der Waals surface area contributed by atoms with Crippen LogP contribution < -0.4 is 10.6 Å². The lowest BCUT2D eigenvalue weighted by molar-refractivity contribution is 0.0597. The molecule has 5 unspecified atom stereocenters. The summed E-state index contributed by atoms with van der Waals surface area (Å²) in [6.45, 7) is 14.4. The van der Waals surface area contributed by atoms with Crippen LogP contribution in [0, 0.1) is 0 Å². The number of ether oxygens (including phenoxy) is 2. The number of likely N-dealkylation sites (N-methyl/N-ethyl adjacent to an activating group) is 2. The van der Waals surface area contributed by atoms with Crippen molar-refractivity contribution in [2.45, 2.75) is 79.5 Å². The van der Waals surface area contributed by atoms with Crippen molar-refractivity contribution in [1.29, 1.82) is 0 Å². The molecular weight excluding hydrogens is 304 g/mol. The largest absolute Gasteiger partial charge is 0.476 e. The molecule has 2 aliphatic rings. The van der Waals surface area contributed by atoms with Crippen LogP contribution in [0.25, 0.3) is 0 Å². The first-order chi connectivity index (χ1) is 10.7. The maximum atomic E-state index is 5.36. The van der Waals surface area contributed by atoms with Gasteiger partial charge in [0.15, 0.2) is 5.90 Å². The molecule has 5 atom stereocenters. The van der Waals surface area contributed by atoms with E-state index in [9.17, 15) is 0 Å². The minimum absolute atomic E-state index is 0. The molecule has 1 saturated heterocycles. The molecule has 0 spiro atoms. The molecule has 2 rings (SSSR count). The number of rotatable bonds is 3. The van der Waals surface area contributed by atoms with Crippen molar-refractivity contribution in [2.24, 2.45) is 4.99 Å². The average molecular weight is 347 g/mol. The molecule has 0 radical (unpaired) electrons. The van der Waals surface area contributed by atoms with Crippen molar-refractivity contribution >= 4 is 5.90 Å². The smallest absolute Gasteiger partial charge is 0.180 e. The Bertz CT molecular complexity index is 327. The fourth-order valence-corrected chi connectivity index (χ4v) is 2.11. The SMILES string of the molecule is C.CC1=NC(C)C(C)O1.CC1NC(C)C(C)O1.CNCCN(C)C. The monoisotopic (exact) mass is 346 g/mol. The number of nitrogens with zero attached hydrogens (tertiary/aromatic N) is 2. The summed E-state index contributed by atoms with van der Waals surface area (Å²) in [5.74, 6) is 0.824. The summed E-state index contributed by atoms with van der Waals surface area (Å²) < 4.78 is 10.6. The summed E-state index contributed by atoms with van der Waals surface area (Å²) in [6, 6.07) is 0.875. The van der Waals surface area contributed by atoms with Crippen LogP contribution in [0.4, 0.5) is 0 Å². The van der Waals surface area contributed by atoms with Gasteiger partial charge in [0.1, 0.15) is 12.3 Å². The van der Waals surface area contributed by atoms with Gasteiger partial charge in [-0.3, -0.25) is 5.32 Å². The Morgan fingerprint density at radius 1 is 1.12 bits per heavy atom. The highest BCUT2D eigenvalue weighted by Crippen LogP contribution is 2.11. The van der Waals surface area contributed by atoms with Gasteiger partial charge in [0.25, 0.3) is 0 Å². The number of hydrogen-bond donors (Lipinski definition) is 2. The van der Waals surface area contributed by atoms with Gasteiger partial charge in [0.2, 0.25) is 0 Å². The normalized spacial score (nSPS) is 31.1. The lowest BCUT2D eigenvalue weighted by Crippen LogP contribution is -2.27. The molecule has 0 aliphatic carbocycles. The van der Waals surface area contributed by atoms with Crippen LogP contribution in [-0.2, 0) is 9.47 Å². The standard InChI is InChI=1S/C6H13NO.C6H11NO.C5H14N2.CH4/c2*1-4-5(2)8-6(3)7-4;1-6-4-5-7(2)3;/h4-7H,1-3H3;4-5H,1-3H3;6H,4-5H2,1-3H3;1H4. The molecule has 6 heteroatoms. The highest BCUT2D eigenvalue weighted by molar-refractivity contribution is 5.75. The molecule has 0 saturated carbocycles. The molecule has 24 heavy (non-hydrogen) atoms. The third-order valence-corrected chi connectivity index (χ3v) is 3.85. The predicted molar refractivity (Wildman–Crippen MR) is 105 cm³/mol. The second-order valence-corrected chi connectivity index (χ2v) is 6.56. The lowest BCUT2D eigenvalue weighted by Gasteiger charge is -2.06. The Balaban J connectivity index is 0. The number of hydrogen-bond acceptors (Lipinski definition) is 6. The van der Waals surface area contributed by atoms with Gasteiger partial charge in [-0.25, -0.2) is 4.99 Å². The summed E-state index contributed by atoms with van der Waals surface area (Å²) in [5.41, 5.74) is 0. The Morgan fingerprint density at radius 3 is 1.83 bits per heavy atom. The molecule has 0 amide bonds. The first-order valence-electron chi connectivity index (χ1n) is 8.59. The van der Waals surface area contributed by atoms with Gasteiger partial charge in [-0.15, -0.1) is 0 Å². The van der Waals surface area contributed by atoms with Gasteiger partial charge in [-0.05, 0) is 55.8 Å². The molecule has 0 bridgehead atoms. The maximum absolute atomic E-state index is 5.36. The van der Waals surface area contributed by atoms with Crippen LogP contribution in [-0.4, -0.2) is 75.5 Å². The summed E-state index contributed by atoms with van der Waals surface area (Å²) in [6.07, 6.45) is 0.917. The van der Waals surface area contributed by atoms with E-state index in [1.54, 1.807) is 0 Å². The van der Waals surface area contributed by atoms with Gasteiger partial charge in [-0.2, -0.15) is 0 Å². The maximum Gasteiger partial charge on any atom is 0.180 e. The Labute approximate surface area is 150 Å². The minimum Gasteiger partial charge on any atom is -0.476 e. The van der Waals surface area contributed by atoms with E-state index in [-0.39, 0.29) is 19.8 Å². The highest BCUT2D eigenvalue weighted by Gasteiger charge is 2.23. The predicted octanol–water partition coefficient (Wildman–Crippen LogP) is 2.34. The molecule has 146 valence electrons. The van der Waals surface area contributed by atoms with Crippen LogP contribution in [0.5, 0.6) is 0 Å². The third-order valence-electron chi connectivity index (χ3n) is 3.85. The topological polar surface area (TPSA) is 58.1 Å². The zero-order valence-electron chi connectivity index (χ0n) is 16.5. The Morgan fingerprint density at radius 2 is 1.71 bits per heavy atom. The van der Waals surface area contributed by atoms with E-state index >= 15 is 0 Å². The van der Waals surface area contributed by atoms with E-state index in [1.807, 2.05) is 27.8 Å². The van der Waals surface area contributed by atoms with E-state index in [0.29, 0.717) is 18.2 Å². The van der Waals surface area contributed by atoms with Crippen LogP contribution >= 0.6 is 0 Å². The van der Waals surface area contributed by atoms with Gasteiger partial charge in [0.05, 0.1) is 12.1 Å². The van der Waals surface area contributed by atoms with E-state index in [1.165, 1.54) is 0 Å². The van der Waals surface area contributed by atoms with Crippen molar-refractivity contribution in [3.8, 4) is 0 Å².